The van der Waals surface area contributed by atoms with Crippen molar-refractivity contribution in [2.75, 3.05) is 32.8 Å². The highest BCUT2D eigenvalue weighted by molar-refractivity contribution is 5.08. The molecule has 0 aromatic carbocycles. The Bertz CT molecular complexity index is 2760. The lowest BCUT2D eigenvalue weighted by Gasteiger charge is -2.49. The lowest BCUT2D eigenvalue weighted by Crippen LogP contribution is -2.70. The Labute approximate surface area is 561 Å². The molecule has 0 bridgehead atoms. The van der Waals surface area contributed by atoms with Gasteiger partial charge in [-0.2, -0.15) is 0 Å². The predicted octanol–water partition coefficient (Wildman–Crippen LogP) is -16.4. The molecule has 9 rings (SSSR count). The second kappa shape index (κ2) is 34.1. The molecule has 7 fully saturated rings. The molecule has 0 amide bonds. The SMILES string of the molecule is C[C@H](CN)C(O)C(O)C(N)[C@@H](O)OC1C(O)[C@H](OC2C(O[C@@H]3OC(CN)C(O)[C@H](O)C3N)C(N)[C@H](C)[C@H](N)[C@@H]2O)O[C@@H]1Cc1cn(COCc2cn(C[C@H]3O[C@@H](O[C@H]4C(O[C@H]5OC(CN)C(O)[C@H](O)C5N)C(N)C[C@@H](N)C4O)C(O)C3O[C@H]3O[C@@H](CN)C(O)C(CO)C3N)nn2)nn1. The summed E-state index contributed by atoms with van der Waals surface area (Å²) >= 11 is 0. The van der Waals surface area contributed by atoms with E-state index in [4.69, 9.17) is 126 Å². The van der Waals surface area contributed by atoms with E-state index in [0.717, 1.165) is 0 Å². The summed E-state index contributed by atoms with van der Waals surface area (Å²) in [4.78, 5) is 0. The first-order valence-corrected chi connectivity index (χ1v) is 32.7. The minimum atomic E-state index is -2.08. The molecular weight excluding hydrogens is 1310 g/mol. The van der Waals surface area contributed by atoms with Gasteiger partial charge in [0.05, 0.1) is 98.6 Å². The van der Waals surface area contributed by atoms with Crippen LogP contribution in [0.4, 0.5) is 0 Å². The standard InChI is InChI=1S/C55H104N18O25/c1-15(5-56)33(75)38(80)30(65)50(86)93-45-22(88-54(42(45)84)98-49-41(83)27(62)16(2)28(63)47(49)96-53-32(67)40(82)37(79)25(8-59)91-53)3-17-9-73(71-68-17)14-87-13-18-10-72(70-69-18)11-26-46(95-51-29(64)19(12-74)34(76)23(6-57)89-51)43(85)55(92-26)97-48-35(77)20(60)4-21(61)44(48)94-52-31(66)39(81)36(78)24(7-58)90-52/h9-10,15-16,19-55,74-86H,3-8,11-14,56-67H2,1-2H3/t15-,16-,19?,20-,21?,22-,23+,24?,25?,26-,27+,28?,29?,30?,31?,32?,33?,34?,35?,36?,37?,38?,39-,40-,41+,42?,43?,44?,45?,46?,47?,48-,49?,50+,51-,52-,53+,54+,55+/m1/s1. The second-order valence-electron chi connectivity index (χ2n) is 26.6. The van der Waals surface area contributed by atoms with Gasteiger partial charge >= 0.3 is 0 Å². The van der Waals surface area contributed by atoms with Crippen LogP contribution in [0, 0.1) is 17.8 Å². The summed E-state index contributed by atoms with van der Waals surface area (Å²) in [6, 6.07) is -9.54. The zero-order valence-corrected chi connectivity index (χ0v) is 54.1. The van der Waals surface area contributed by atoms with E-state index in [-0.39, 0.29) is 70.3 Å². The van der Waals surface area contributed by atoms with E-state index < -0.39 is 245 Å². The van der Waals surface area contributed by atoms with Crippen LogP contribution in [-0.4, -0.2) is 350 Å². The van der Waals surface area contributed by atoms with Crippen LogP contribution in [-0.2, 0) is 83.1 Å². The molecule has 7 aliphatic rings. The molecule has 22 unspecified atom stereocenters. The number of ether oxygens (including phenoxy) is 12. The first kappa shape index (κ1) is 78.9. The number of hydrogen-bond donors (Lipinski definition) is 25. The average molecular weight is 1420 g/mol. The van der Waals surface area contributed by atoms with Gasteiger partial charge < -0.3 is 192 Å². The lowest BCUT2D eigenvalue weighted by molar-refractivity contribution is -0.309. The molecule has 2 aliphatic carbocycles. The van der Waals surface area contributed by atoms with Gasteiger partial charge in [0.1, 0.15) is 110 Å². The maximum Gasteiger partial charge on any atom is 0.187 e. The summed E-state index contributed by atoms with van der Waals surface area (Å²) in [5.41, 5.74) is 74.8. The highest BCUT2D eigenvalue weighted by Crippen LogP contribution is 2.39. The molecule has 0 spiro atoms. The molecular formula is C55H104N18O25. The molecule has 2 aromatic heterocycles. The third-order valence-corrected chi connectivity index (χ3v) is 19.8. The Kier molecular flexibility index (Phi) is 27.5. The zero-order chi connectivity index (χ0) is 71.6. The fraction of sp³-hybridized carbons (Fsp3) is 0.927. The Hall–Kier alpha value is -3.20. The minimum absolute atomic E-state index is 0.00152. The molecule has 98 heavy (non-hydrogen) atoms. The largest absolute Gasteiger partial charge is 0.396 e. The van der Waals surface area contributed by atoms with Gasteiger partial charge in [-0.25, -0.2) is 9.36 Å². The van der Waals surface area contributed by atoms with Crippen molar-refractivity contribution in [2.45, 2.75) is 267 Å². The van der Waals surface area contributed by atoms with Gasteiger partial charge in [0, 0.05) is 56.1 Å². The van der Waals surface area contributed by atoms with Gasteiger partial charge in [-0.3, -0.25) is 0 Å². The molecule has 43 nitrogen and oxygen atoms in total. The van der Waals surface area contributed by atoms with Crippen molar-refractivity contribution in [2.24, 2.45) is 86.6 Å². The first-order chi connectivity index (χ1) is 46.5. The predicted molar refractivity (Wildman–Crippen MR) is 327 cm³/mol. The Morgan fingerprint density at radius 3 is 1.58 bits per heavy atom. The van der Waals surface area contributed by atoms with Crippen molar-refractivity contribution in [3.63, 3.8) is 0 Å². The van der Waals surface area contributed by atoms with Gasteiger partial charge in [-0.1, -0.05) is 24.3 Å². The molecule has 37 N–H and O–H groups in total. The molecule has 2 saturated carbocycles. The number of hydrogen-bond acceptors (Lipinski definition) is 41. The summed E-state index contributed by atoms with van der Waals surface area (Å²) in [7, 11) is 0. The summed E-state index contributed by atoms with van der Waals surface area (Å²) in [5.74, 6) is -2.29. The molecule has 7 heterocycles. The average Bonchev–Trinajstić information content (AvgIpc) is 1.26. The molecule has 5 aliphatic heterocycles. The van der Waals surface area contributed by atoms with E-state index in [0.29, 0.717) is 0 Å². The van der Waals surface area contributed by atoms with Crippen LogP contribution < -0.4 is 68.8 Å². The number of nitrogens with zero attached hydrogens (tertiary/aromatic N) is 6. The van der Waals surface area contributed by atoms with Crippen LogP contribution in [0.2, 0.25) is 0 Å². The van der Waals surface area contributed by atoms with Crippen molar-refractivity contribution < 1.29 is 123 Å². The normalized spacial score (nSPS) is 45.7. The van der Waals surface area contributed by atoms with Crippen molar-refractivity contribution in [1.82, 2.24) is 30.0 Å². The van der Waals surface area contributed by atoms with E-state index in [9.17, 15) is 66.4 Å². The fourth-order valence-electron chi connectivity index (χ4n) is 13.4. The molecule has 5 saturated heterocycles. The summed E-state index contributed by atoms with van der Waals surface area (Å²) < 4.78 is 76.1. The van der Waals surface area contributed by atoms with Crippen molar-refractivity contribution in [1.29, 1.82) is 0 Å². The smallest absolute Gasteiger partial charge is 0.187 e. The Balaban J connectivity index is 0.884. The van der Waals surface area contributed by atoms with Crippen molar-refractivity contribution in [3.8, 4) is 0 Å². The van der Waals surface area contributed by atoms with Crippen LogP contribution in [0.15, 0.2) is 12.4 Å². The third kappa shape index (κ3) is 16.9. The highest BCUT2D eigenvalue weighted by Gasteiger charge is 2.58. The van der Waals surface area contributed by atoms with E-state index in [2.05, 4.69) is 20.6 Å². The molecule has 2 aromatic rings. The lowest BCUT2D eigenvalue weighted by atomic mass is 9.76. The maximum atomic E-state index is 12.1. The van der Waals surface area contributed by atoms with E-state index >= 15 is 0 Å². The van der Waals surface area contributed by atoms with Gasteiger partial charge in [0.25, 0.3) is 0 Å². The summed E-state index contributed by atoms with van der Waals surface area (Å²) in [6.07, 6.45) is -38.7. The first-order valence-electron chi connectivity index (χ1n) is 32.7. The third-order valence-electron chi connectivity index (χ3n) is 19.8. The van der Waals surface area contributed by atoms with Gasteiger partial charge in [0.2, 0.25) is 0 Å². The van der Waals surface area contributed by atoms with Crippen LogP contribution in [0.5, 0.6) is 0 Å². The van der Waals surface area contributed by atoms with Gasteiger partial charge in [0.15, 0.2) is 37.7 Å². The fourth-order valence-corrected chi connectivity index (χ4v) is 13.4. The minimum Gasteiger partial charge on any atom is -0.396 e. The number of aliphatic hydroxyl groups is 13. The Morgan fingerprint density at radius 1 is 0.510 bits per heavy atom. The van der Waals surface area contributed by atoms with Crippen LogP contribution in [0.3, 0.4) is 0 Å². The van der Waals surface area contributed by atoms with Crippen molar-refractivity contribution in [3.05, 3.63) is 23.8 Å². The van der Waals surface area contributed by atoms with Crippen LogP contribution >= 0.6 is 0 Å². The second-order valence-corrected chi connectivity index (χ2v) is 26.6. The van der Waals surface area contributed by atoms with Crippen LogP contribution in [0.25, 0.3) is 0 Å². The number of nitrogens with two attached hydrogens (primary N) is 12. The molecule has 564 valence electrons. The Morgan fingerprint density at radius 2 is 1.00 bits per heavy atom. The zero-order valence-electron chi connectivity index (χ0n) is 54.1. The van der Waals surface area contributed by atoms with E-state index in [1.807, 2.05) is 0 Å². The van der Waals surface area contributed by atoms with Gasteiger partial charge in [-0.15, -0.1) is 10.2 Å². The van der Waals surface area contributed by atoms with Gasteiger partial charge in [-0.05, 0) is 24.8 Å². The summed E-state index contributed by atoms with van der Waals surface area (Å²) in [6.45, 7) is 1.20. The van der Waals surface area contributed by atoms with Crippen molar-refractivity contribution >= 4 is 0 Å². The maximum absolute atomic E-state index is 12.1. The number of aliphatic hydroxyl groups excluding tert-OH is 13. The monoisotopic (exact) mass is 1420 g/mol. The summed E-state index contributed by atoms with van der Waals surface area (Å²) in [5, 5.41) is 161. The number of rotatable bonds is 29. The molecule has 43 heteroatoms. The molecule has 0 radical (unpaired) electrons. The van der Waals surface area contributed by atoms with E-state index in [1.165, 1.54) is 21.8 Å². The highest BCUT2D eigenvalue weighted by atomic mass is 16.8. The molecule has 39 atom stereocenters. The van der Waals surface area contributed by atoms with Crippen LogP contribution in [0.1, 0.15) is 31.7 Å². The topological polar surface area (TPSA) is 747 Å². The number of aromatic nitrogens is 6. The van der Waals surface area contributed by atoms with E-state index in [1.54, 1.807) is 13.8 Å². The quantitative estimate of drug-likeness (QED) is 0.0336.